The number of carboxylic acid groups (broad SMARTS) is 1. The Morgan fingerprint density at radius 1 is 1.53 bits per heavy atom. The summed E-state index contributed by atoms with van der Waals surface area (Å²) in [7, 11) is 0. The molecule has 80 valence electrons. The van der Waals surface area contributed by atoms with Gasteiger partial charge in [0, 0.05) is 9.92 Å². The van der Waals surface area contributed by atoms with Crippen LogP contribution in [-0.4, -0.2) is 17.3 Å². The lowest BCUT2D eigenvalue weighted by atomic mass is 9.96. The summed E-state index contributed by atoms with van der Waals surface area (Å²) in [4.78, 5) is 12.2. The predicted molar refractivity (Wildman–Crippen MR) is 61.8 cm³/mol. The number of carbonyl (C=O) groups is 1. The summed E-state index contributed by atoms with van der Waals surface area (Å²) in [6.45, 7) is 0. The van der Waals surface area contributed by atoms with Crippen molar-refractivity contribution in [3.63, 3.8) is 0 Å². The van der Waals surface area contributed by atoms with Crippen LogP contribution in [0.5, 0.6) is 0 Å². The van der Waals surface area contributed by atoms with Crippen LogP contribution in [-0.2, 0) is 10.2 Å². The van der Waals surface area contributed by atoms with Crippen LogP contribution in [0.3, 0.4) is 0 Å². The number of carboxylic acids is 1. The molecule has 1 fully saturated rings. The smallest absolute Gasteiger partial charge is 0.314 e. The highest BCUT2D eigenvalue weighted by atomic mass is 35.5. The number of aliphatic carboxylic acids is 1. The molecule has 15 heavy (non-hydrogen) atoms. The van der Waals surface area contributed by atoms with Crippen LogP contribution in [0.2, 0.25) is 5.02 Å². The van der Waals surface area contributed by atoms with Gasteiger partial charge in [0.1, 0.15) is 0 Å². The molecular weight excluding hydrogens is 232 g/mol. The zero-order chi connectivity index (χ0) is 11.1. The summed E-state index contributed by atoms with van der Waals surface area (Å²) >= 11 is 7.64. The number of benzene rings is 1. The van der Waals surface area contributed by atoms with Crippen LogP contribution >= 0.6 is 23.4 Å². The Hall–Kier alpha value is -0.670. The monoisotopic (exact) mass is 242 g/mol. The van der Waals surface area contributed by atoms with E-state index in [1.54, 1.807) is 17.8 Å². The number of rotatable bonds is 3. The molecule has 1 N–H and O–H groups in total. The highest BCUT2D eigenvalue weighted by Crippen LogP contribution is 2.51. The van der Waals surface area contributed by atoms with Gasteiger partial charge in [-0.25, -0.2) is 0 Å². The van der Waals surface area contributed by atoms with Gasteiger partial charge in [0.05, 0.1) is 5.41 Å². The molecule has 0 aliphatic heterocycles. The van der Waals surface area contributed by atoms with E-state index in [1.807, 2.05) is 18.4 Å². The Morgan fingerprint density at radius 3 is 2.67 bits per heavy atom. The molecule has 4 heteroatoms. The van der Waals surface area contributed by atoms with Crippen LogP contribution in [0.4, 0.5) is 0 Å². The quantitative estimate of drug-likeness (QED) is 0.828. The van der Waals surface area contributed by atoms with E-state index in [-0.39, 0.29) is 0 Å². The fraction of sp³-hybridized carbons (Fsp3) is 0.364. The predicted octanol–water partition coefficient (Wildman–Crippen LogP) is 3.18. The first-order valence-corrected chi connectivity index (χ1v) is 6.28. The van der Waals surface area contributed by atoms with Crippen molar-refractivity contribution in [2.45, 2.75) is 23.2 Å². The average molecular weight is 243 g/mol. The summed E-state index contributed by atoms with van der Waals surface area (Å²) < 4.78 is 0. The molecule has 0 bridgehead atoms. The minimum Gasteiger partial charge on any atom is -0.481 e. The third-order valence-corrected chi connectivity index (χ3v) is 3.90. The molecule has 0 saturated heterocycles. The van der Waals surface area contributed by atoms with Crippen molar-refractivity contribution in [3.8, 4) is 0 Å². The second-order valence-electron chi connectivity index (χ2n) is 3.73. The molecule has 0 amide bonds. The molecule has 0 spiro atoms. The van der Waals surface area contributed by atoms with E-state index >= 15 is 0 Å². The first kappa shape index (κ1) is 10.8. The van der Waals surface area contributed by atoms with Gasteiger partial charge < -0.3 is 5.11 Å². The summed E-state index contributed by atoms with van der Waals surface area (Å²) in [5, 5.41) is 9.74. The summed E-state index contributed by atoms with van der Waals surface area (Å²) in [6, 6.07) is 5.59. The Morgan fingerprint density at radius 2 is 2.20 bits per heavy atom. The molecule has 1 aromatic carbocycles. The van der Waals surface area contributed by atoms with Crippen LogP contribution in [0.15, 0.2) is 23.1 Å². The first-order valence-electron chi connectivity index (χ1n) is 4.67. The fourth-order valence-corrected chi connectivity index (χ4v) is 2.46. The number of thioether (sulfide) groups is 1. The van der Waals surface area contributed by atoms with Crippen molar-refractivity contribution in [1.82, 2.24) is 0 Å². The van der Waals surface area contributed by atoms with E-state index in [4.69, 9.17) is 11.6 Å². The standard InChI is InChI=1S/C11H11ClO2S/c1-15-7-2-3-9(12)8(6-7)11(4-5-11)10(13)14/h2-3,6H,4-5H2,1H3,(H,13,14). The lowest BCUT2D eigenvalue weighted by molar-refractivity contribution is -0.140. The second-order valence-corrected chi connectivity index (χ2v) is 5.02. The summed E-state index contributed by atoms with van der Waals surface area (Å²) in [6.07, 6.45) is 3.35. The van der Waals surface area contributed by atoms with Gasteiger partial charge in [0.25, 0.3) is 0 Å². The third-order valence-electron chi connectivity index (χ3n) is 2.85. The SMILES string of the molecule is CSc1ccc(Cl)c(C2(C(=O)O)CC2)c1. The van der Waals surface area contributed by atoms with E-state index in [0.717, 1.165) is 10.5 Å². The van der Waals surface area contributed by atoms with Gasteiger partial charge in [-0.1, -0.05) is 11.6 Å². The average Bonchev–Trinajstić information content (AvgIpc) is 2.99. The number of hydrogen-bond donors (Lipinski definition) is 1. The third kappa shape index (κ3) is 1.74. The van der Waals surface area contributed by atoms with E-state index in [2.05, 4.69) is 0 Å². The minimum atomic E-state index is -0.761. The minimum absolute atomic E-state index is 0.563. The van der Waals surface area contributed by atoms with Gasteiger partial charge in [-0.3, -0.25) is 4.79 Å². The Labute approximate surface area is 97.6 Å². The van der Waals surface area contributed by atoms with Gasteiger partial charge >= 0.3 is 5.97 Å². The molecular formula is C11H11ClO2S. The number of hydrogen-bond acceptors (Lipinski definition) is 2. The maximum absolute atomic E-state index is 11.2. The van der Waals surface area contributed by atoms with Gasteiger partial charge in [-0.05, 0) is 42.9 Å². The van der Waals surface area contributed by atoms with E-state index in [9.17, 15) is 9.90 Å². The molecule has 2 rings (SSSR count). The molecule has 0 aromatic heterocycles. The van der Waals surface area contributed by atoms with E-state index in [0.29, 0.717) is 17.9 Å². The lowest BCUT2D eigenvalue weighted by Crippen LogP contribution is -2.19. The Kier molecular flexibility index (Phi) is 2.69. The molecule has 0 heterocycles. The van der Waals surface area contributed by atoms with Gasteiger partial charge in [-0.15, -0.1) is 11.8 Å². The fourth-order valence-electron chi connectivity index (χ4n) is 1.72. The molecule has 1 saturated carbocycles. The highest BCUT2D eigenvalue weighted by Gasteiger charge is 2.52. The van der Waals surface area contributed by atoms with Crippen LogP contribution < -0.4 is 0 Å². The maximum atomic E-state index is 11.2. The van der Waals surface area contributed by atoms with Gasteiger partial charge in [0.15, 0.2) is 0 Å². The molecule has 1 aliphatic rings. The van der Waals surface area contributed by atoms with Crippen LogP contribution in [0, 0.1) is 0 Å². The Bertz CT molecular complexity index is 413. The maximum Gasteiger partial charge on any atom is 0.314 e. The largest absolute Gasteiger partial charge is 0.481 e. The summed E-state index contributed by atoms with van der Waals surface area (Å²) in [5.41, 5.74) is 0.0616. The van der Waals surface area contributed by atoms with Crippen molar-refractivity contribution in [3.05, 3.63) is 28.8 Å². The van der Waals surface area contributed by atoms with Gasteiger partial charge in [0.2, 0.25) is 0 Å². The van der Waals surface area contributed by atoms with Crippen LogP contribution in [0.25, 0.3) is 0 Å². The molecule has 1 aliphatic carbocycles. The zero-order valence-electron chi connectivity index (χ0n) is 8.29. The highest BCUT2D eigenvalue weighted by molar-refractivity contribution is 7.98. The number of halogens is 1. The van der Waals surface area contributed by atoms with E-state index < -0.39 is 11.4 Å². The lowest BCUT2D eigenvalue weighted by Gasteiger charge is -2.13. The van der Waals surface area contributed by atoms with Crippen LogP contribution in [0.1, 0.15) is 18.4 Å². The second kappa shape index (κ2) is 3.72. The molecule has 1 aromatic rings. The molecule has 0 radical (unpaired) electrons. The van der Waals surface area contributed by atoms with Crippen molar-refractivity contribution in [2.24, 2.45) is 0 Å². The van der Waals surface area contributed by atoms with Crippen molar-refractivity contribution in [2.75, 3.05) is 6.26 Å². The normalized spacial score (nSPS) is 17.5. The first-order chi connectivity index (χ1) is 7.10. The van der Waals surface area contributed by atoms with Gasteiger partial charge in [-0.2, -0.15) is 0 Å². The van der Waals surface area contributed by atoms with Crippen molar-refractivity contribution >= 4 is 29.3 Å². The molecule has 2 nitrogen and oxygen atoms in total. The summed E-state index contributed by atoms with van der Waals surface area (Å²) in [5.74, 6) is -0.761. The molecule has 0 unspecified atom stereocenters. The van der Waals surface area contributed by atoms with E-state index in [1.165, 1.54) is 0 Å². The van der Waals surface area contributed by atoms with Crippen molar-refractivity contribution in [1.29, 1.82) is 0 Å². The van der Waals surface area contributed by atoms with Crippen molar-refractivity contribution < 1.29 is 9.90 Å². The zero-order valence-corrected chi connectivity index (χ0v) is 9.86. The topological polar surface area (TPSA) is 37.3 Å². The Balaban J connectivity index is 2.47. The molecule has 0 atom stereocenters.